The van der Waals surface area contributed by atoms with Crippen molar-refractivity contribution in [3.8, 4) is 0 Å². The first-order valence-electron chi connectivity index (χ1n) is 4.23. The molecule has 1 rings (SSSR count). The van der Waals surface area contributed by atoms with Crippen molar-refractivity contribution >= 4 is 26.0 Å². The summed E-state index contributed by atoms with van der Waals surface area (Å²) >= 11 is 3.31. The van der Waals surface area contributed by atoms with Crippen LogP contribution in [0.3, 0.4) is 0 Å². The van der Waals surface area contributed by atoms with Crippen LogP contribution in [0.15, 0.2) is 27.6 Å². The zero-order chi connectivity index (χ0) is 10.8. The summed E-state index contributed by atoms with van der Waals surface area (Å²) in [6.07, 6.45) is 0.690. The highest BCUT2D eigenvalue weighted by atomic mass is 79.9. The van der Waals surface area contributed by atoms with Gasteiger partial charge in [-0.25, -0.2) is 13.1 Å². The van der Waals surface area contributed by atoms with E-state index in [0.717, 1.165) is 10.0 Å². The van der Waals surface area contributed by atoms with E-state index in [2.05, 4.69) is 20.7 Å². The van der Waals surface area contributed by atoms with Crippen LogP contribution in [0.5, 0.6) is 0 Å². The third kappa shape index (κ3) is 2.34. The molecule has 0 radical (unpaired) electrons. The summed E-state index contributed by atoms with van der Waals surface area (Å²) in [5.41, 5.74) is 0.814. The fourth-order valence-corrected chi connectivity index (χ4v) is 2.62. The van der Waals surface area contributed by atoms with Gasteiger partial charge in [0.05, 0.1) is 4.90 Å². The first kappa shape index (κ1) is 11.7. The Morgan fingerprint density at radius 2 is 2.07 bits per heavy atom. The van der Waals surface area contributed by atoms with Crippen LogP contribution in [-0.2, 0) is 16.4 Å². The molecule has 1 N–H and O–H groups in total. The lowest BCUT2D eigenvalue weighted by Crippen LogP contribution is -2.20. The molecule has 0 bridgehead atoms. The van der Waals surface area contributed by atoms with Gasteiger partial charge in [-0.1, -0.05) is 22.9 Å². The van der Waals surface area contributed by atoms with E-state index in [1.807, 2.05) is 13.0 Å². The van der Waals surface area contributed by atoms with Gasteiger partial charge < -0.3 is 0 Å². The van der Waals surface area contributed by atoms with Crippen LogP contribution in [0.1, 0.15) is 12.5 Å². The molecular formula is C9H12BrNO2S. The first-order valence-corrected chi connectivity index (χ1v) is 6.51. The second-order valence-corrected chi connectivity index (χ2v) is 5.58. The Bertz CT molecular complexity index is 428. The van der Waals surface area contributed by atoms with Crippen molar-refractivity contribution in [1.29, 1.82) is 0 Å². The minimum atomic E-state index is -3.33. The number of hydrogen-bond donors (Lipinski definition) is 1. The van der Waals surface area contributed by atoms with Crippen molar-refractivity contribution in [3.05, 3.63) is 28.2 Å². The van der Waals surface area contributed by atoms with E-state index in [4.69, 9.17) is 0 Å². The molecule has 78 valence electrons. The second kappa shape index (κ2) is 4.42. The van der Waals surface area contributed by atoms with Crippen molar-refractivity contribution in [2.45, 2.75) is 18.2 Å². The third-order valence-corrected chi connectivity index (χ3v) is 3.97. The Hall–Kier alpha value is -0.390. The maximum Gasteiger partial charge on any atom is 0.240 e. The topological polar surface area (TPSA) is 46.2 Å². The molecule has 0 atom stereocenters. The molecule has 0 aliphatic heterocycles. The molecule has 0 amide bonds. The lowest BCUT2D eigenvalue weighted by atomic mass is 10.2. The van der Waals surface area contributed by atoms with E-state index in [0.29, 0.717) is 11.3 Å². The lowest BCUT2D eigenvalue weighted by molar-refractivity contribution is 0.587. The summed E-state index contributed by atoms with van der Waals surface area (Å²) in [5.74, 6) is 0. The standard InChI is InChI=1S/C9H12BrNO2S/c1-3-7-6-8(10)4-5-9(7)14(12,13)11-2/h4-6,11H,3H2,1-2H3. The van der Waals surface area contributed by atoms with Crippen LogP contribution in [-0.4, -0.2) is 15.5 Å². The van der Waals surface area contributed by atoms with Gasteiger partial charge in [-0.05, 0) is 37.2 Å². The monoisotopic (exact) mass is 277 g/mol. The summed E-state index contributed by atoms with van der Waals surface area (Å²) in [6.45, 7) is 1.93. The fraction of sp³-hybridized carbons (Fsp3) is 0.333. The predicted octanol–water partition coefficient (Wildman–Crippen LogP) is 1.92. The summed E-state index contributed by atoms with van der Waals surface area (Å²) in [4.78, 5) is 0.353. The van der Waals surface area contributed by atoms with Crippen molar-refractivity contribution in [2.24, 2.45) is 0 Å². The summed E-state index contributed by atoms with van der Waals surface area (Å²) in [6, 6.07) is 5.16. The minimum Gasteiger partial charge on any atom is -0.214 e. The Morgan fingerprint density at radius 1 is 1.43 bits per heavy atom. The van der Waals surface area contributed by atoms with Gasteiger partial charge in [0.25, 0.3) is 0 Å². The summed E-state index contributed by atoms with van der Waals surface area (Å²) in [5, 5.41) is 0. The van der Waals surface area contributed by atoms with Crippen LogP contribution < -0.4 is 4.72 Å². The molecule has 0 aliphatic rings. The van der Waals surface area contributed by atoms with Crippen molar-refractivity contribution in [2.75, 3.05) is 7.05 Å². The van der Waals surface area contributed by atoms with Crippen LogP contribution in [0.2, 0.25) is 0 Å². The average molecular weight is 278 g/mol. The lowest BCUT2D eigenvalue weighted by Gasteiger charge is -2.08. The Kier molecular flexibility index (Phi) is 3.69. The molecule has 0 aliphatic carbocycles. The maximum absolute atomic E-state index is 11.6. The number of benzene rings is 1. The van der Waals surface area contributed by atoms with Crippen LogP contribution in [0, 0.1) is 0 Å². The number of sulfonamides is 1. The largest absolute Gasteiger partial charge is 0.240 e. The van der Waals surface area contributed by atoms with E-state index in [1.54, 1.807) is 12.1 Å². The first-order chi connectivity index (χ1) is 6.51. The molecular weight excluding hydrogens is 266 g/mol. The fourth-order valence-electron chi connectivity index (χ4n) is 1.20. The smallest absolute Gasteiger partial charge is 0.214 e. The normalized spacial score (nSPS) is 11.6. The van der Waals surface area contributed by atoms with E-state index in [-0.39, 0.29) is 0 Å². The zero-order valence-corrected chi connectivity index (χ0v) is 10.4. The van der Waals surface area contributed by atoms with Crippen molar-refractivity contribution in [1.82, 2.24) is 4.72 Å². The molecule has 0 spiro atoms. The number of nitrogens with one attached hydrogen (secondary N) is 1. The summed E-state index contributed by atoms with van der Waals surface area (Å²) in [7, 11) is -1.92. The Morgan fingerprint density at radius 3 is 2.57 bits per heavy atom. The van der Waals surface area contributed by atoms with E-state index < -0.39 is 10.0 Å². The molecule has 5 heteroatoms. The van der Waals surface area contributed by atoms with Crippen molar-refractivity contribution in [3.63, 3.8) is 0 Å². The highest BCUT2D eigenvalue weighted by molar-refractivity contribution is 9.10. The quantitative estimate of drug-likeness (QED) is 0.918. The zero-order valence-electron chi connectivity index (χ0n) is 8.04. The molecule has 14 heavy (non-hydrogen) atoms. The van der Waals surface area contributed by atoms with Crippen molar-refractivity contribution < 1.29 is 8.42 Å². The highest BCUT2D eigenvalue weighted by Gasteiger charge is 2.15. The van der Waals surface area contributed by atoms with E-state index in [1.165, 1.54) is 7.05 Å². The van der Waals surface area contributed by atoms with Gasteiger partial charge in [0.1, 0.15) is 0 Å². The van der Waals surface area contributed by atoms with E-state index in [9.17, 15) is 8.42 Å². The predicted molar refractivity (Wildman–Crippen MR) is 59.8 cm³/mol. The van der Waals surface area contributed by atoms with Crippen LogP contribution in [0.4, 0.5) is 0 Å². The van der Waals surface area contributed by atoms with E-state index >= 15 is 0 Å². The molecule has 0 aromatic heterocycles. The highest BCUT2D eigenvalue weighted by Crippen LogP contribution is 2.20. The molecule has 0 saturated heterocycles. The molecule has 0 saturated carbocycles. The number of halogens is 1. The maximum atomic E-state index is 11.6. The van der Waals surface area contributed by atoms with Crippen LogP contribution >= 0.6 is 15.9 Å². The van der Waals surface area contributed by atoms with Gasteiger partial charge in [0.15, 0.2) is 0 Å². The SMILES string of the molecule is CCc1cc(Br)ccc1S(=O)(=O)NC. The van der Waals surface area contributed by atoms with Crippen LogP contribution in [0.25, 0.3) is 0 Å². The third-order valence-electron chi connectivity index (χ3n) is 1.96. The molecule has 1 aromatic carbocycles. The molecule has 0 fully saturated rings. The average Bonchev–Trinajstić information content (AvgIpc) is 2.17. The minimum absolute atomic E-state index is 0.353. The molecule has 0 unspecified atom stereocenters. The van der Waals surface area contributed by atoms with Gasteiger partial charge in [0.2, 0.25) is 10.0 Å². The number of hydrogen-bond acceptors (Lipinski definition) is 2. The number of rotatable bonds is 3. The van der Waals surface area contributed by atoms with Gasteiger partial charge >= 0.3 is 0 Å². The van der Waals surface area contributed by atoms with Gasteiger partial charge in [0, 0.05) is 4.47 Å². The molecule has 0 heterocycles. The van der Waals surface area contributed by atoms with Gasteiger partial charge in [-0.2, -0.15) is 0 Å². The summed E-state index contributed by atoms with van der Waals surface area (Å²) < 4.78 is 26.3. The Labute approximate surface area is 92.7 Å². The number of aryl methyl sites for hydroxylation is 1. The molecule has 3 nitrogen and oxygen atoms in total. The van der Waals surface area contributed by atoms with Gasteiger partial charge in [-0.15, -0.1) is 0 Å². The second-order valence-electron chi connectivity index (χ2n) is 2.81. The molecule has 1 aromatic rings. The van der Waals surface area contributed by atoms with Gasteiger partial charge in [-0.3, -0.25) is 0 Å². The Balaban J connectivity index is 3.35.